The number of fused-ring (bicyclic) bond motifs is 1. The third-order valence-electron chi connectivity index (χ3n) is 8.02. The van der Waals surface area contributed by atoms with Crippen LogP contribution >= 0.6 is 11.8 Å². The molecule has 252 valence electrons. The molecule has 0 bridgehead atoms. The summed E-state index contributed by atoms with van der Waals surface area (Å²) in [4.78, 5) is 50.9. The number of nitrogens with one attached hydrogen (secondary N) is 2. The Hall–Kier alpha value is -5.30. The second kappa shape index (κ2) is 16.2. The minimum Gasteiger partial charge on any atom is -0.477 e. The SMILES string of the molecule is [NH3+][C@@H](CCC(=O)N[C@@H](CSC1=C(c2ccccc2)[n+]2ccccc2C1(O)c1ccccc1)C(=O)NCC(=O)OCc1ccccc1)C(=O)O. The molecule has 0 saturated carbocycles. The summed E-state index contributed by atoms with van der Waals surface area (Å²) in [5.41, 5.74) is 5.49. The molecular formula is C37H38N4O7S+2. The predicted octanol–water partition coefficient (Wildman–Crippen LogP) is 1.99. The highest BCUT2D eigenvalue weighted by atomic mass is 32.2. The maximum atomic E-state index is 13.6. The molecule has 3 atom stereocenters. The number of pyridine rings is 1. The smallest absolute Gasteiger partial charge is 0.362 e. The van der Waals surface area contributed by atoms with Crippen molar-refractivity contribution in [3.8, 4) is 0 Å². The molecule has 1 unspecified atom stereocenters. The quantitative estimate of drug-likeness (QED) is 0.0936. The lowest BCUT2D eigenvalue weighted by molar-refractivity contribution is -0.587. The van der Waals surface area contributed by atoms with E-state index in [0.717, 1.165) is 11.1 Å². The average molecular weight is 683 g/mol. The molecule has 2 amide bonds. The number of aromatic nitrogens is 1. The van der Waals surface area contributed by atoms with E-state index >= 15 is 0 Å². The van der Waals surface area contributed by atoms with Crippen LogP contribution in [0.25, 0.3) is 5.70 Å². The van der Waals surface area contributed by atoms with Crippen LogP contribution in [-0.2, 0) is 36.1 Å². The normalized spacial score (nSPS) is 16.3. The van der Waals surface area contributed by atoms with Crippen molar-refractivity contribution >= 4 is 41.2 Å². The number of quaternary nitrogens is 1. The standard InChI is InChI=1S/C37H36N4O7S/c38-28(36(45)46)19-20-31(42)40-29(35(44)39-22-32(43)48-23-25-12-4-1-5-13-25)24-49-34-33(26-14-6-2-7-15-26)41-21-11-10-18-30(41)37(34,47)27-16-8-3-9-17-27/h1-18,21,28-29,47H,19-20,22-24,38H2,(H2-,39,40,42,44,45,46)/p+2/t28-,29-,37?/m0/s1. The number of benzene rings is 3. The Bertz CT molecular complexity index is 1820. The fourth-order valence-electron chi connectivity index (χ4n) is 5.44. The first-order chi connectivity index (χ1) is 23.7. The zero-order valence-electron chi connectivity index (χ0n) is 26.7. The van der Waals surface area contributed by atoms with Crippen LogP contribution in [0.1, 0.15) is 35.2 Å². The highest BCUT2D eigenvalue weighted by molar-refractivity contribution is 8.03. The van der Waals surface area contributed by atoms with Gasteiger partial charge in [0, 0.05) is 36.3 Å². The van der Waals surface area contributed by atoms with Crippen LogP contribution in [0.2, 0.25) is 0 Å². The Morgan fingerprint density at radius 1 is 0.878 bits per heavy atom. The molecule has 0 radical (unpaired) electrons. The van der Waals surface area contributed by atoms with Gasteiger partial charge in [-0.2, -0.15) is 4.57 Å². The molecule has 2 heterocycles. The van der Waals surface area contributed by atoms with Crippen molar-refractivity contribution in [1.29, 1.82) is 0 Å². The van der Waals surface area contributed by atoms with Gasteiger partial charge in [-0.05, 0) is 29.3 Å². The summed E-state index contributed by atoms with van der Waals surface area (Å²) < 4.78 is 7.21. The van der Waals surface area contributed by atoms with Gasteiger partial charge in [-0.25, -0.2) is 4.79 Å². The number of thioether (sulfide) groups is 1. The van der Waals surface area contributed by atoms with Crippen molar-refractivity contribution in [2.24, 2.45) is 0 Å². The molecule has 0 fully saturated rings. The van der Waals surface area contributed by atoms with Crippen LogP contribution in [0.15, 0.2) is 120 Å². The van der Waals surface area contributed by atoms with Gasteiger partial charge in [-0.15, -0.1) is 11.8 Å². The summed E-state index contributed by atoms with van der Waals surface area (Å²) in [6.45, 7) is -0.399. The van der Waals surface area contributed by atoms with Gasteiger partial charge in [-0.1, -0.05) is 78.9 Å². The van der Waals surface area contributed by atoms with Crippen molar-refractivity contribution in [2.45, 2.75) is 37.1 Å². The van der Waals surface area contributed by atoms with Crippen LogP contribution < -0.4 is 20.9 Å². The number of carboxylic acid groups (broad SMARTS) is 1. The molecule has 0 spiro atoms. The number of ether oxygens (including phenoxy) is 1. The fourth-order valence-corrected chi connectivity index (χ4v) is 6.80. The molecule has 3 aromatic carbocycles. The summed E-state index contributed by atoms with van der Waals surface area (Å²) in [6, 6.07) is 31.2. The monoisotopic (exact) mass is 682 g/mol. The predicted molar refractivity (Wildman–Crippen MR) is 182 cm³/mol. The first-order valence-corrected chi connectivity index (χ1v) is 16.7. The van der Waals surface area contributed by atoms with E-state index < -0.39 is 48.0 Å². The third kappa shape index (κ3) is 8.41. The molecule has 7 N–H and O–H groups in total. The van der Waals surface area contributed by atoms with Crippen molar-refractivity contribution in [3.63, 3.8) is 0 Å². The van der Waals surface area contributed by atoms with Gasteiger partial charge in [0.05, 0.1) is 0 Å². The maximum absolute atomic E-state index is 13.6. The van der Waals surface area contributed by atoms with Gasteiger partial charge in [0.1, 0.15) is 24.1 Å². The number of carbonyl (C=O) groups is 4. The number of hydrogen-bond donors (Lipinski definition) is 5. The Labute approximate surface area is 287 Å². The number of hydrogen-bond acceptors (Lipinski definition) is 7. The van der Waals surface area contributed by atoms with E-state index in [4.69, 9.17) is 4.74 Å². The molecular weight excluding hydrogens is 644 g/mol. The third-order valence-corrected chi connectivity index (χ3v) is 9.30. The second-order valence-corrected chi connectivity index (χ2v) is 12.5. The van der Waals surface area contributed by atoms with E-state index in [0.29, 0.717) is 21.9 Å². The molecule has 0 aliphatic carbocycles. The van der Waals surface area contributed by atoms with Gasteiger partial charge in [-0.3, -0.25) is 14.4 Å². The number of aliphatic carboxylic acids is 1. The highest BCUT2D eigenvalue weighted by Crippen LogP contribution is 2.48. The van der Waals surface area contributed by atoms with Crippen molar-refractivity contribution in [2.75, 3.05) is 12.3 Å². The van der Waals surface area contributed by atoms with Crippen LogP contribution in [0, 0.1) is 0 Å². The van der Waals surface area contributed by atoms with Crippen LogP contribution in [0.4, 0.5) is 0 Å². The molecule has 12 heteroatoms. The molecule has 1 aliphatic rings. The Morgan fingerprint density at radius 2 is 1.51 bits per heavy atom. The van der Waals surface area contributed by atoms with Gasteiger partial charge < -0.3 is 31.3 Å². The number of rotatable bonds is 15. The lowest BCUT2D eigenvalue weighted by Gasteiger charge is -2.25. The van der Waals surface area contributed by atoms with E-state index in [9.17, 15) is 29.4 Å². The van der Waals surface area contributed by atoms with Crippen LogP contribution in [0.3, 0.4) is 0 Å². The number of amides is 2. The first kappa shape index (κ1) is 35.0. The summed E-state index contributed by atoms with van der Waals surface area (Å²) in [5, 5.41) is 27.1. The van der Waals surface area contributed by atoms with Crippen molar-refractivity contribution in [3.05, 3.63) is 143 Å². The van der Waals surface area contributed by atoms with E-state index in [-0.39, 0.29) is 25.2 Å². The van der Waals surface area contributed by atoms with Crippen LogP contribution in [0.5, 0.6) is 0 Å². The van der Waals surface area contributed by atoms with E-state index in [1.54, 1.807) is 0 Å². The van der Waals surface area contributed by atoms with Gasteiger partial charge in [0.2, 0.25) is 28.8 Å². The van der Waals surface area contributed by atoms with Crippen molar-refractivity contribution in [1.82, 2.24) is 10.6 Å². The lowest BCUT2D eigenvalue weighted by atomic mass is 9.90. The molecule has 0 saturated heterocycles. The average Bonchev–Trinajstić information content (AvgIpc) is 3.39. The van der Waals surface area contributed by atoms with Gasteiger partial charge >= 0.3 is 11.9 Å². The lowest BCUT2D eigenvalue weighted by Crippen LogP contribution is -2.65. The minimum atomic E-state index is -1.60. The van der Waals surface area contributed by atoms with E-state index in [1.165, 1.54) is 11.8 Å². The summed E-state index contributed by atoms with van der Waals surface area (Å²) >= 11 is 1.21. The number of esters is 1. The first-order valence-electron chi connectivity index (χ1n) is 15.7. The second-order valence-electron chi connectivity index (χ2n) is 11.4. The topological polar surface area (TPSA) is 174 Å². The highest BCUT2D eigenvalue weighted by Gasteiger charge is 2.53. The molecule has 49 heavy (non-hydrogen) atoms. The van der Waals surface area contributed by atoms with Crippen LogP contribution in [-0.4, -0.2) is 58.3 Å². The Kier molecular flexibility index (Phi) is 11.6. The minimum absolute atomic E-state index is 0.0290. The number of nitrogens with zero attached hydrogens (tertiary/aromatic N) is 1. The maximum Gasteiger partial charge on any atom is 0.362 e. The Morgan fingerprint density at radius 3 is 2.18 bits per heavy atom. The van der Waals surface area contributed by atoms with Gasteiger partial charge in [0.15, 0.2) is 12.2 Å². The zero-order chi connectivity index (χ0) is 34.8. The summed E-state index contributed by atoms with van der Waals surface area (Å²) in [6.07, 6.45) is 1.66. The fraction of sp³-hybridized carbons (Fsp3) is 0.216. The molecule has 4 aromatic rings. The molecule has 1 aliphatic heterocycles. The molecule has 5 rings (SSSR count). The Balaban J connectivity index is 1.42. The largest absolute Gasteiger partial charge is 0.477 e. The van der Waals surface area contributed by atoms with E-state index in [2.05, 4.69) is 16.4 Å². The summed E-state index contributed by atoms with van der Waals surface area (Å²) in [7, 11) is 0. The van der Waals surface area contributed by atoms with Crippen molar-refractivity contribution < 1.29 is 44.4 Å². The number of carbonyl (C=O) groups excluding carboxylic acids is 3. The summed E-state index contributed by atoms with van der Waals surface area (Å²) in [5.74, 6) is -3.02. The number of carboxylic acids is 1. The number of aliphatic hydroxyl groups is 1. The molecule has 11 nitrogen and oxygen atoms in total. The zero-order valence-corrected chi connectivity index (χ0v) is 27.5. The van der Waals surface area contributed by atoms with Gasteiger partial charge in [0.25, 0.3) is 0 Å². The van der Waals surface area contributed by atoms with E-state index in [1.807, 2.05) is 120 Å². The molecule has 1 aromatic heterocycles.